The van der Waals surface area contributed by atoms with Crippen molar-refractivity contribution in [3.05, 3.63) is 70.8 Å². The topological polar surface area (TPSA) is 63.3 Å². The fourth-order valence-corrected chi connectivity index (χ4v) is 4.33. The molecule has 3 N–H and O–H groups in total. The van der Waals surface area contributed by atoms with Crippen LogP contribution >= 0.6 is 0 Å². The third-order valence-electron chi connectivity index (χ3n) is 5.50. The number of benzene rings is 2. The van der Waals surface area contributed by atoms with Crippen LogP contribution in [0.4, 0.5) is 5.69 Å². The molecule has 3 nitrogen and oxygen atoms in total. The van der Waals surface area contributed by atoms with Crippen molar-refractivity contribution in [2.45, 2.75) is 37.5 Å². The zero-order valence-electron chi connectivity index (χ0n) is 13.6. The van der Waals surface area contributed by atoms with E-state index in [-0.39, 0.29) is 11.2 Å². The average Bonchev–Trinajstić information content (AvgIpc) is 2.57. The van der Waals surface area contributed by atoms with Crippen LogP contribution in [0.3, 0.4) is 0 Å². The highest BCUT2D eigenvalue weighted by Crippen LogP contribution is 2.49. The third-order valence-corrected chi connectivity index (χ3v) is 5.50. The lowest BCUT2D eigenvalue weighted by atomic mass is 9.59. The van der Waals surface area contributed by atoms with Crippen molar-refractivity contribution < 1.29 is 9.90 Å². The van der Waals surface area contributed by atoms with Crippen LogP contribution in [0.1, 0.15) is 36.0 Å². The molecule has 0 bridgehead atoms. The Morgan fingerprint density at radius 1 is 1.04 bits per heavy atom. The van der Waals surface area contributed by atoms with Crippen molar-refractivity contribution in [3.8, 4) is 5.75 Å². The first-order valence-corrected chi connectivity index (χ1v) is 8.47. The summed E-state index contributed by atoms with van der Waals surface area (Å²) in [6.45, 7) is 0. The van der Waals surface area contributed by atoms with Gasteiger partial charge in [-0.25, -0.2) is 0 Å². The van der Waals surface area contributed by atoms with Crippen LogP contribution in [0.2, 0.25) is 0 Å². The Morgan fingerprint density at radius 2 is 1.83 bits per heavy atom. The van der Waals surface area contributed by atoms with E-state index < -0.39 is 0 Å². The summed E-state index contributed by atoms with van der Waals surface area (Å²) in [5, 5.41) is 9.85. The number of rotatable bonds is 2. The SMILES string of the molecule is Nc1ccc(C[C@@]23CCC(=O)C=C2CCc2cc(O)ccc23)cc1. The Hall–Kier alpha value is -2.55. The van der Waals surface area contributed by atoms with Gasteiger partial charge in [0.2, 0.25) is 0 Å². The van der Waals surface area contributed by atoms with Gasteiger partial charge >= 0.3 is 0 Å². The van der Waals surface area contributed by atoms with Crippen LogP contribution in [0.15, 0.2) is 54.1 Å². The smallest absolute Gasteiger partial charge is 0.155 e. The summed E-state index contributed by atoms with van der Waals surface area (Å²) >= 11 is 0. The van der Waals surface area contributed by atoms with E-state index in [0.717, 1.165) is 31.4 Å². The maximum atomic E-state index is 12.0. The lowest BCUT2D eigenvalue weighted by Crippen LogP contribution is -2.39. The van der Waals surface area contributed by atoms with Gasteiger partial charge in [0.05, 0.1) is 0 Å². The number of phenols is 1. The van der Waals surface area contributed by atoms with E-state index >= 15 is 0 Å². The summed E-state index contributed by atoms with van der Waals surface area (Å²) in [6.07, 6.45) is 5.92. The lowest BCUT2D eigenvalue weighted by molar-refractivity contribution is -0.115. The van der Waals surface area contributed by atoms with Crippen LogP contribution in [0, 0.1) is 0 Å². The maximum Gasteiger partial charge on any atom is 0.155 e. The van der Waals surface area contributed by atoms with Gasteiger partial charge in [0.1, 0.15) is 5.75 Å². The van der Waals surface area contributed by atoms with Gasteiger partial charge in [0.15, 0.2) is 5.78 Å². The van der Waals surface area contributed by atoms with E-state index in [1.54, 1.807) is 6.07 Å². The third kappa shape index (κ3) is 2.41. The van der Waals surface area contributed by atoms with Gasteiger partial charge in [0.25, 0.3) is 0 Å². The number of hydrogen-bond acceptors (Lipinski definition) is 3. The molecule has 4 rings (SSSR count). The predicted octanol–water partition coefficient (Wildman–Crippen LogP) is 3.69. The van der Waals surface area contributed by atoms with Gasteiger partial charge in [0, 0.05) is 17.5 Å². The normalized spacial score (nSPS) is 22.5. The van der Waals surface area contributed by atoms with Crippen molar-refractivity contribution >= 4 is 11.5 Å². The van der Waals surface area contributed by atoms with Gasteiger partial charge in [-0.05, 0) is 72.7 Å². The van der Waals surface area contributed by atoms with Gasteiger partial charge in [-0.2, -0.15) is 0 Å². The number of anilines is 1. The summed E-state index contributed by atoms with van der Waals surface area (Å²) in [5.74, 6) is 0.552. The highest BCUT2D eigenvalue weighted by molar-refractivity contribution is 5.92. The molecule has 2 aliphatic rings. The van der Waals surface area contributed by atoms with Gasteiger partial charge < -0.3 is 10.8 Å². The molecule has 0 aromatic heterocycles. The molecule has 0 saturated heterocycles. The molecule has 2 aliphatic carbocycles. The summed E-state index contributed by atoms with van der Waals surface area (Å²) < 4.78 is 0. The maximum absolute atomic E-state index is 12.0. The molecule has 0 fully saturated rings. The van der Waals surface area contributed by atoms with Crippen LogP contribution in [0.5, 0.6) is 5.75 Å². The predicted molar refractivity (Wildman–Crippen MR) is 95.0 cm³/mol. The Bertz CT molecular complexity index is 835. The number of nitrogens with two attached hydrogens (primary N) is 1. The quantitative estimate of drug-likeness (QED) is 0.830. The molecule has 2 aromatic rings. The first-order chi connectivity index (χ1) is 11.6. The first-order valence-electron chi connectivity index (χ1n) is 8.47. The highest BCUT2D eigenvalue weighted by Gasteiger charge is 2.42. The van der Waals surface area contributed by atoms with Crippen LogP contribution in [-0.4, -0.2) is 10.9 Å². The minimum absolute atomic E-state index is 0.134. The molecular weight excluding hydrogens is 298 g/mol. The van der Waals surface area contributed by atoms with Crippen molar-refractivity contribution in [2.24, 2.45) is 0 Å². The number of aryl methyl sites for hydroxylation is 1. The van der Waals surface area contributed by atoms with Crippen LogP contribution in [0.25, 0.3) is 0 Å². The first kappa shape index (κ1) is 15.0. The van der Waals surface area contributed by atoms with Gasteiger partial charge in [-0.3, -0.25) is 4.79 Å². The second kappa shape index (κ2) is 5.52. The number of carbonyl (C=O) groups excluding carboxylic acids is 1. The molecular formula is C21H21NO2. The van der Waals surface area contributed by atoms with E-state index in [4.69, 9.17) is 5.73 Å². The average molecular weight is 319 g/mol. The van der Waals surface area contributed by atoms with Crippen molar-refractivity contribution in [1.29, 1.82) is 0 Å². The zero-order chi connectivity index (χ0) is 16.7. The molecule has 0 unspecified atom stereocenters. The minimum Gasteiger partial charge on any atom is -0.508 e. The van der Waals surface area contributed by atoms with E-state index in [2.05, 4.69) is 12.1 Å². The lowest BCUT2D eigenvalue weighted by Gasteiger charge is -2.44. The van der Waals surface area contributed by atoms with E-state index in [9.17, 15) is 9.90 Å². The molecule has 122 valence electrons. The molecule has 1 atom stereocenters. The monoisotopic (exact) mass is 319 g/mol. The number of phenolic OH excluding ortho intramolecular Hbond substituents is 1. The number of carbonyl (C=O) groups is 1. The van der Waals surface area contributed by atoms with Crippen molar-refractivity contribution in [1.82, 2.24) is 0 Å². The van der Waals surface area contributed by atoms with Crippen LogP contribution < -0.4 is 5.73 Å². The molecule has 3 heteroatoms. The Morgan fingerprint density at radius 3 is 2.62 bits per heavy atom. The zero-order valence-corrected chi connectivity index (χ0v) is 13.6. The fourth-order valence-electron chi connectivity index (χ4n) is 4.33. The number of hydrogen-bond donors (Lipinski definition) is 2. The number of fused-ring (bicyclic) bond motifs is 3. The second-order valence-electron chi connectivity index (χ2n) is 6.98. The summed E-state index contributed by atoms with van der Waals surface area (Å²) in [4.78, 5) is 12.0. The molecule has 0 amide bonds. The standard InChI is InChI=1S/C21H21NO2/c22-17-5-1-14(2-6-17)13-21-10-9-19(24)12-16(21)4-3-15-11-18(23)7-8-20(15)21/h1-2,5-8,11-12,23H,3-4,9-10,13,22H2/t21-/m0/s1. The van der Waals surface area contributed by atoms with E-state index in [1.165, 1.54) is 22.3 Å². The molecule has 0 aliphatic heterocycles. The van der Waals surface area contributed by atoms with Gasteiger partial charge in [-0.15, -0.1) is 0 Å². The minimum atomic E-state index is -0.134. The van der Waals surface area contributed by atoms with E-state index in [0.29, 0.717) is 12.2 Å². The van der Waals surface area contributed by atoms with Crippen molar-refractivity contribution in [3.63, 3.8) is 0 Å². The molecule has 0 heterocycles. The summed E-state index contributed by atoms with van der Waals surface area (Å²) in [6, 6.07) is 13.7. The Balaban J connectivity index is 1.85. The number of aromatic hydroxyl groups is 1. The van der Waals surface area contributed by atoms with Gasteiger partial charge in [-0.1, -0.05) is 23.8 Å². The Labute approximate surface area is 141 Å². The Kier molecular flexibility index (Phi) is 3.45. The number of allylic oxidation sites excluding steroid dienone is 2. The molecule has 0 radical (unpaired) electrons. The van der Waals surface area contributed by atoms with Crippen molar-refractivity contribution in [2.75, 3.05) is 5.73 Å². The highest BCUT2D eigenvalue weighted by atomic mass is 16.3. The summed E-state index contributed by atoms with van der Waals surface area (Å²) in [5.41, 5.74) is 11.4. The number of ketones is 1. The summed E-state index contributed by atoms with van der Waals surface area (Å²) in [7, 11) is 0. The molecule has 2 aromatic carbocycles. The largest absolute Gasteiger partial charge is 0.508 e. The molecule has 0 saturated carbocycles. The fraction of sp³-hybridized carbons (Fsp3) is 0.286. The van der Waals surface area contributed by atoms with Crippen LogP contribution in [-0.2, 0) is 23.1 Å². The molecule has 0 spiro atoms. The van der Waals surface area contributed by atoms with E-state index in [1.807, 2.05) is 30.3 Å². The molecule has 24 heavy (non-hydrogen) atoms. The second-order valence-corrected chi connectivity index (χ2v) is 6.98. The number of nitrogen functional groups attached to an aromatic ring is 1.